The van der Waals surface area contributed by atoms with Crippen LogP contribution in [0.15, 0.2) is 28.7 Å². The number of nitrogens with one attached hydrogen (secondary N) is 1. The highest BCUT2D eigenvalue weighted by Gasteiger charge is 2.10. The lowest BCUT2D eigenvalue weighted by atomic mass is 10.2. The summed E-state index contributed by atoms with van der Waals surface area (Å²) in [6.07, 6.45) is 0. The summed E-state index contributed by atoms with van der Waals surface area (Å²) in [6.45, 7) is 0.361. The molecule has 0 atom stereocenters. The van der Waals surface area contributed by atoms with Crippen LogP contribution in [0.4, 0.5) is 0 Å². The fourth-order valence-corrected chi connectivity index (χ4v) is 1.83. The summed E-state index contributed by atoms with van der Waals surface area (Å²) in [5.74, 6) is -0.490. The molecule has 0 saturated carbocycles. The van der Waals surface area contributed by atoms with Crippen molar-refractivity contribution in [3.8, 4) is 0 Å². The van der Waals surface area contributed by atoms with Crippen LogP contribution in [0, 0.1) is 0 Å². The van der Waals surface area contributed by atoms with Gasteiger partial charge in [-0.25, -0.2) is 0 Å². The van der Waals surface area contributed by atoms with Crippen LogP contribution in [0.2, 0.25) is 0 Å². The second-order valence-corrected chi connectivity index (χ2v) is 4.78. The van der Waals surface area contributed by atoms with Crippen molar-refractivity contribution in [3.63, 3.8) is 0 Å². The van der Waals surface area contributed by atoms with Crippen LogP contribution in [0.3, 0.4) is 0 Å². The molecule has 0 radical (unpaired) electrons. The molecule has 1 rings (SSSR count). The van der Waals surface area contributed by atoms with Crippen LogP contribution in [0.25, 0.3) is 0 Å². The molecule has 5 nitrogen and oxygen atoms in total. The third-order valence-corrected chi connectivity index (χ3v) is 2.85. The van der Waals surface area contributed by atoms with E-state index in [2.05, 4.69) is 21.2 Å². The highest BCUT2D eigenvalue weighted by Crippen LogP contribution is 2.12. The molecule has 1 aromatic carbocycles. The first-order chi connectivity index (χ1) is 8.52. The van der Waals surface area contributed by atoms with E-state index in [0.29, 0.717) is 6.54 Å². The molecule has 2 amide bonds. The number of benzene rings is 1. The fraction of sp³-hybridized carbons (Fsp3) is 0.333. The predicted octanol–water partition coefficient (Wildman–Crippen LogP) is 0.482. The van der Waals surface area contributed by atoms with Gasteiger partial charge in [0.1, 0.15) is 0 Å². The summed E-state index contributed by atoms with van der Waals surface area (Å²) in [5, 5.41) is 2.45. The van der Waals surface area contributed by atoms with E-state index in [9.17, 15) is 9.59 Å². The van der Waals surface area contributed by atoms with E-state index in [1.807, 2.05) is 24.3 Å². The van der Waals surface area contributed by atoms with Crippen LogP contribution in [0.1, 0.15) is 5.56 Å². The molecule has 6 heteroatoms. The molecule has 0 spiro atoms. The van der Waals surface area contributed by atoms with Crippen molar-refractivity contribution in [3.05, 3.63) is 34.3 Å². The zero-order valence-corrected chi connectivity index (χ0v) is 11.7. The van der Waals surface area contributed by atoms with Gasteiger partial charge in [-0.1, -0.05) is 28.1 Å². The summed E-state index contributed by atoms with van der Waals surface area (Å²) in [5.41, 5.74) is 6.15. The molecular formula is C12H16BrN3O2. The zero-order chi connectivity index (χ0) is 13.5. The number of rotatable bonds is 5. The van der Waals surface area contributed by atoms with Gasteiger partial charge in [0, 0.05) is 18.1 Å². The van der Waals surface area contributed by atoms with Crippen molar-refractivity contribution in [2.75, 3.05) is 20.1 Å². The Morgan fingerprint density at radius 2 is 2.17 bits per heavy atom. The minimum Gasteiger partial charge on any atom is -0.346 e. The van der Waals surface area contributed by atoms with Crippen molar-refractivity contribution >= 4 is 27.7 Å². The highest BCUT2D eigenvalue weighted by atomic mass is 79.9. The van der Waals surface area contributed by atoms with E-state index in [4.69, 9.17) is 5.73 Å². The molecular weight excluding hydrogens is 298 g/mol. The van der Waals surface area contributed by atoms with Crippen LogP contribution in [-0.4, -0.2) is 36.9 Å². The lowest BCUT2D eigenvalue weighted by Crippen LogP contribution is -2.40. The molecule has 18 heavy (non-hydrogen) atoms. The number of carbonyl (C=O) groups excluding carboxylic acids is 2. The summed E-state index contributed by atoms with van der Waals surface area (Å²) in [4.78, 5) is 24.2. The van der Waals surface area contributed by atoms with E-state index in [1.165, 1.54) is 0 Å². The van der Waals surface area contributed by atoms with Crippen molar-refractivity contribution in [1.29, 1.82) is 0 Å². The van der Waals surface area contributed by atoms with E-state index in [-0.39, 0.29) is 24.9 Å². The lowest BCUT2D eigenvalue weighted by Gasteiger charge is -2.17. The lowest BCUT2D eigenvalue weighted by molar-refractivity contribution is -0.131. The van der Waals surface area contributed by atoms with Gasteiger partial charge in [0.2, 0.25) is 11.8 Å². The standard InChI is InChI=1S/C12H16BrN3O2/c1-16(12(18)7-15-11(17)6-14)8-9-3-2-4-10(13)5-9/h2-5H,6-8,14H2,1H3,(H,15,17). The smallest absolute Gasteiger partial charge is 0.242 e. The first-order valence-corrected chi connectivity index (χ1v) is 6.27. The Morgan fingerprint density at radius 3 is 2.78 bits per heavy atom. The maximum Gasteiger partial charge on any atom is 0.242 e. The first-order valence-electron chi connectivity index (χ1n) is 5.48. The molecule has 0 aromatic heterocycles. The van der Waals surface area contributed by atoms with E-state index in [0.717, 1.165) is 10.0 Å². The Hall–Kier alpha value is -1.40. The van der Waals surface area contributed by atoms with Crippen LogP contribution >= 0.6 is 15.9 Å². The second kappa shape index (κ2) is 7.13. The monoisotopic (exact) mass is 313 g/mol. The summed E-state index contributed by atoms with van der Waals surface area (Å²) >= 11 is 3.37. The topological polar surface area (TPSA) is 75.4 Å². The highest BCUT2D eigenvalue weighted by molar-refractivity contribution is 9.10. The molecule has 0 aliphatic carbocycles. The average Bonchev–Trinajstić information content (AvgIpc) is 2.35. The molecule has 0 bridgehead atoms. The maximum absolute atomic E-state index is 11.7. The van der Waals surface area contributed by atoms with Crippen molar-refractivity contribution < 1.29 is 9.59 Å². The zero-order valence-electron chi connectivity index (χ0n) is 10.1. The molecule has 0 heterocycles. The fourth-order valence-electron chi connectivity index (χ4n) is 1.38. The van der Waals surface area contributed by atoms with Gasteiger partial charge >= 0.3 is 0 Å². The van der Waals surface area contributed by atoms with Gasteiger partial charge in [-0.3, -0.25) is 9.59 Å². The Balaban J connectivity index is 2.47. The third kappa shape index (κ3) is 4.85. The van der Waals surface area contributed by atoms with Gasteiger partial charge in [0.25, 0.3) is 0 Å². The SMILES string of the molecule is CN(Cc1cccc(Br)c1)C(=O)CNC(=O)CN. The van der Waals surface area contributed by atoms with Crippen molar-refractivity contribution in [2.24, 2.45) is 5.73 Å². The summed E-state index contributed by atoms with van der Waals surface area (Å²) in [7, 11) is 1.69. The normalized spacial score (nSPS) is 9.94. The number of amides is 2. The van der Waals surface area contributed by atoms with E-state index < -0.39 is 0 Å². The molecule has 0 fully saturated rings. The van der Waals surface area contributed by atoms with Crippen molar-refractivity contribution in [1.82, 2.24) is 10.2 Å². The minimum absolute atomic E-state index is 0.0272. The van der Waals surface area contributed by atoms with Gasteiger partial charge in [0.15, 0.2) is 0 Å². The predicted molar refractivity (Wildman–Crippen MR) is 72.7 cm³/mol. The minimum atomic E-state index is -0.334. The Labute approximate surface area is 114 Å². The number of nitrogens with two attached hydrogens (primary N) is 1. The van der Waals surface area contributed by atoms with Gasteiger partial charge in [-0.2, -0.15) is 0 Å². The molecule has 0 aliphatic rings. The molecule has 0 unspecified atom stereocenters. The van der Waals surface area contributed by atoms with Crippen LogP contribution in [0.5, 0.6) is 0 Å². The number of carbonyl (C=O) groups is 2. The second-order valence-electron chi connectivity index (χ2n) is 3.86. The number of nitrogens with zero attached hydrogens (tertiary/aromatic N) is 1. The molecule has 3 N–H and O–H groups in total. The third-order valence-electron chi connectivity index (χ3n) is 2.36. The molecule has 98 valence electrons. The van der Waals surface area contributed by atoms with Crippen molar-refractivity contribution in [2.45, 2.75) is 6.54 Å². The Kier molecular flexibility index (Phi) is 5.80. The van der Waals surface area contributed by atoms with E-state index in [1.54, 1.807) is 11.9 Å². The van der Waals surface area contributed by atoms with Gasteiger partial charge in [-0.05, 0) is 17.7 Å². The number of hydrogen-bond acceptors (Lipinski definition) is 3. The molecule has 1 aromatic rings. The number of hydrogen-bond donors (Lipinski definition) is 2. The number of likely N-dealkylation sites (N-methyl/N-ethyl adjacent to an activating group) is 1. The Morgan fingerprint density at radius 1 is 1.44 bits per heavy atom. The maximum atomic E-state index is 11.7. The van der Waals surface area contributed by atoms with Gasteiger partial charge < -0.3 is 16.0 Å². The largest absolute Gasteiger partial charge is 0.346 e. The quantitative estimate of drug-likeness (QED) is 0.830. The van der Waals surface area contributed by atoms with Crippen LogP contribution in [-0.2, 0) is 16.1 Å². The molecule has 0 aliphatic heterocycles. The van der Waals surface area contributed by atoms with Gasteiger partial charge in [0.05, 0.1) is 13.1 Å². The summed E-state index contributed by atoms with van der Waals surface area (Å²) in [6, 6.07) is 7.72. The Bertz CT molecular complexity index is 437. The van der Waals surface area contributed by atoms with E-state index >= 15 is 0 Å². The average molecular weight is 314 g/mol. The number of halogens is 1. The molecule has 0 saturated heterocycles. The first kappa shape index (κ1) is 14.7. The summed E-state index contributed by atoms with van der Waals surface area (Å²) < 4.78 is 0.970. The van der Waals surface area contributed by atoms with Gasteiger partial charge in [-0.15, -0.1) is 0 Å². The van der Waals surface area contributed by atoms with Crippen LogP contribution < -0.4 is 11.1 Å².